The van der Waals surface area contributed by atoms with Gasteiger partial charge in [-0.15, -0.1) is 0 Å². The number of carbonyl (C=O) groups is 2. The van der Waals surface area contributed by atoms with Gasteiger partial charge >= 0.3 is 0 Å². The highest BCUT2D eigenvalue weighted by molar-refractivity contribution is 7.92. The Morgan fingerprint density at radius 3 is 2.05 bits per heavy atom. The van der Waals surface area contributed by atoms with Crippen LogP contribution in [0.1, 0.15) is 50.8 Å². The van der Waals surface area contributed by atoms with Crippen molar-refractivity contribution in [1.29, 1.82) is 0 Å². The van der Waals surface area contributed by atoms with Crippen molar-refractivity contribution < 1.29 is 18.0 Å². The maximum atomic E-state index is 14.1. The summed E-state index contributed by atoms with van der Waals surface area (Å²) in [4.78, 5) is 28.9. The fourth-order valence-electron chi connectivity index (χ4n) is 4.42. The highest BCUT2D eigenvalue weighted by Gasteiger charge is 2.34. The van der Waals surface area contributed by atoms with Crippen LogP contribution in [0.4, 0.5) is 5.69 Å². The zero-order chi connectivity index (χ0) is 28.6. The number of nitrogens with one attached hydrogen (secondary N) is 1. The van der Waals surface area contributed by atoms with Gasteiger partial charge in [-0.1, -0.05) is 68.4 Å². The van der Waals surface area contributed by atoms with Gasteiger partial charge in [0.15, 0.2) is 0 Å². The van der Waals surface area contributed by atoms with Crippen LogP contribution in [-0.2, 0) is 32.6 Å². The van der Waals surface area contributed by atoms with Crippen molar-refractivity contribution in [3.8, 4) is 0 Å². The summed E-state index contributed by atoms with van der Waals surface area (Å²) < 4.78 is 28.8. The predicted octanol–water partition coefficient (Wildman–Crippen LogP) is 5.08. The van der Waals surface area contributed by atoms with Gasteiger partial charge < -0.3 is 10.2 Å². The Morgan fingerprint density at radius 1 is 0.872 bits per heavy atom. The Morgan fingerprint density at radius 2 is 1.49 bits per heavy atom. The van der Waals surface area contributed by atoms with Crippen LogP contribution >= 0.6 is 0 Å². The fraction of sp³-hybridized carbons (Fsp3) is 0.355. The average Bonchev–Trinajstić information content (AvgIpc) is 2.92. The maximum Gasteiger partial charge on any atom is 0.264 e. The molecule has 0 heterocycles. The lowest BCUT2D eigenvalue weighted by molar-refractivity contribution is -0.140. The molecular formula is C31H39N3O4S. The summed E-state index contributed by atoms with van der Waals surface area (Å²) in [5, 5.41) is 2.92. The Kier molecular flexibility index (Phi) is 10.3. The highest BCUT2D eigenvalue weighted by Crippen LogP contribution is 2.25. The lowest BCUT2D eigenvalue weighted by atomic mass is 10.1. The number of carbonyl (C=O) groups excluding carboxylic acids is 2. The summed E-state index contributed by atoms with van der Waals surface area (Å²) in [6.45, 7) is 9.30. The molecular weight excluding hydrogens is 510 g/mol. The molecule has 0 radical (unpaired) electrons. The molecule has 0 aliphatic heterocycles. The normalized spacial score (nSPS) is 12.2. The van der Waals surface area contributed by atoms with E-state index in [1.54, 1.807) is 30.3 Å². The van der Waals surface area contributed by atoms with Crippen molar-refractivity contribution >= 4 is 27.5 Å². The average molecular weight is 550 g/mol. The standard InChI is InChI=1S/C31H39N3O4S/c1-6-25-17-19-27(20-18-25)34(39(37,38)28-15-9-8-10-16-28)22-30(35)33(21-26-14-12-11-13-24(26)5)29(7-2)31(36)32-23(3)4/h8-20,23,29H,6-7,21-22H2,1-5H3,(H,32,36)/t29-/m1/s1. The first-order chi connectivity index (χ1) is 18.6. The van der Waals surface area contributed by atoms with Crippen molar-refractivity contribution in [3.63, 3.8) is 0 Å². The second-order valence-electron chi connectivity index (χ2n) is 9.88. The Hall–Kier alpha value is -3.65. The van der Waals surface area contributed by atoms with E-state index in [9.17, 15) is 18.0 Å². The van der Waals surface area contributed by atoms with Crippen LogP contribution in [-0.4, -0.2) is 43.8 Å². The number of anilines is 1. The first-order valence-electron chi connectivity index (χ1n) is 13.4. The van der Waals surface area contributed by atoms with Gasteiger partial charge in [-0.05, 0) is 74.6 Å². The van der Waals surface area contributed by atoms with Crippen LogP contribution in [0.25, 0.3) is 0 Å². The van der Waals surface area contributed by atoms with Crippen LogP contribution in [0.5, 0.6) is 0 Å². The molecule has 0 aliphatic rings. The van der Waals surface area contributed by atoms with E-state index in [0.29, 0.717) is 12.1 Å². The number of hydrogen-bond donors (Lipinski definition) is 1. The van der Waals surface area contributed by atoms with E-state index in [2.05, 4.69) is 5.32 Å². The summed E-state index contributed by atoms with van der Waals surface area (Å²) in [6.07, 6.45) is 1.19. The molecule has 3 aromatic carbocycles. The minimum absolute atomic E-state index is 0.0902. The molecule has 0 saturated heterocycles. The summed E-state index contributed by atoms with van der Waals surface area (Å²) in [7, 11) is -4.07. The summed E-state index contributed by atoms with van der Waals surface area (Å²) in [5.41, 5.74) is 3.32. The fourth-order valence-corrected chi connectivity index (χ4v) is 5.85. The minimum atomic E-state index is -4.07. The second-order valence-corrected chi connectivity index (χ2v) is 11.7. The van der Waals surface area contributed by atoms with Gasteiger partial charge in [-0.3, -0.25) is 13.9 Å². The van der Waals surface area contributed by atoms with E-state index in [4.69, 9.17) is 0 Å². The largest absolute Gasteiger partial charge is 0.352 e. The van der Waals surface area contributed by atoms with Crippen LogP contribution in [0, 0.1) is 6.92 Å². The van der Waals surface area contributed by atoms with Gasteiger partial charge in [-0.25, -0.2) is 8.42 Å². The number of nitrogens with zero attached hydrogens (tertiary/aromatic N) is 2. The molecule has 2 amide bonds. The molecule has 0 fully saturated rings. The zero-order valence-corrected chi connectivity index (χ0v) is 24.2. The van der Waals surface area contributed by atoms with E-state index in [1.165, 1.54) is 17.0 Å². The van der Waals surface area contributed by atoms with Gasteiger partial charge in [0.1, 0.15) is 12.6 Å². The molecule has 1 N–H and O–H groups in total. The monoisotopic (exact) mass is 549 g/mol. The zero-order valence-electron chi connectivity index (χ0n) is 23.4. The van der Waals surface area contributed by atoms with Gasteiger partial charge in [0.2, 0.25) is 11.8 Å². The molecule has 39 heavy (non-hydrogen) atoms. The number of hydrogen-bond acceptors (Lipinski definition) is 4. The van der Waals surface area contributed by atoms with Gasteiger partial charge in [-0.2, -0.15) is 0 Å². The topological polar surface area (TPSA) is 86.8 Å². The summed E-state index contributed by atoms with van der Waals surface area (Å²) in [5.74, 6) is -0.720. The predicted molar refractivity (Wildman–Crippen MR) is 156 cm³/mol. The lowest BCUT2D eigenvalue weighted by Crippen LogP contribution is -2.53. The first kappa shape index (κ1) is 29.9. The third kappa shape index (κ3) is 7.47. The van der Waals surface area contributed by atoms with Crippen molar-refractivity contribution in [1.82, 2.24) is 10.2 Å². The number of sulfonamides is 1. The van der Waals surface area contributed by atoms with Crippen molar-refractivity contribution in [2.45, 2.75) is 71.0 Å². The Labute approximate surface area is 232 Å². The third-order valence-corrected chi connectivity index (χ3v) is 8.45. The molecule has 7 nitrogen and oxygen atoms in total. The molecule has 208 valence electrons. The summed E-state index contributed by atoms with van der Waals surface area (Å²) in [6, 6.07) is 22.1. The Balaban J connectivity index is 2.06. The van der Waals surface area contributed by atoms with Crippen molar-refractivity contribution in [2.24, 2.45) is 0 Å². The van der Waals surface area contributed by atoms with E-state index in [-0.39, 0.29) is 23.4 Å². The molecule has 0 saturated carbocycles. The van der Waals surface area contributed by atoms with Crippen molar-refractivity contribution in [3.05, 3.63) is 95.6 Å². The maximum absolute atomic E-state index is 14.1. The highest BCUT2D eigenvalue weighted by atomic mass is 32.2. The molecule has 3 aromatic rings. The minimum Gasteiger partial charge on any atom is -0.352 e. The van der Waals surface area contributed by atoms with Crippen LogP contribution < -0.4 is 9.62 Å². The van der Waals surface area contributed by atoms with Crippen LogP contribution in [0.3, 0.4) is 0 Å². The summed E-state index contributed by atoms with van der Waals surface area (Å²) >= 11 is 0. The SMILES string of the molecule is CCc1ccc(N(CC(=O)N(Cc2ccccc2C)[C@H](CC)C(=O)NC(C)C)S(=O)(=O)c2ccccc2)cc1. The second kappa shape index (κ2) is 13.4. The van der Waals surface area contributed by atoms with E-state index >= 15 is 0 Å². The number of benzene rings is 3. The first-order valence-corrected chi connectivity index (χ1v) is 14.8. The molecule has 0 aromatic heterocycles. The van der Waals surface area contributed by atoms with Crippen LogP contribution in [0.2, 0.25) is 0 Å². The molecule has 1 atom stereocenters. The van der Waals surface area contributed by atoms with Crippen LogP contribution in [0.15, 0.2) is 83.8 Å². The smallest absolute Gasteiger partial charge is 0.264 e. The number of rotatable bonds is 12. The molecule has 0 aliphatic carbocycles. The van der Waals surface area contributed by atoms with Crippen molar-refractivity contribution in [2.75, 3.05) is 10.8 Å². The molecule has 0 spiro atoms. The van der Waals surface area contributed by atoms with E-state index < -0.39 is 28.5 Å². The Bertz CT molecular complexity index is 1360. The van der Waals surface area contributed by atoms with E-state index in [0.717, 1.165) is 27.4 Å². The number of amides is 2. The van der Waals surface area contributed by atoms with Gasteiger partial charge in [0, 0.05) is 12.6 Å². The van der Waals surface area contributed by atoms with Gasteiger partial charge in [0.25, 0.3) is 10.0 Å². The van der Waals surface area contributed by atoms with E-state index in [1.807, 2.05) is 71.0 Å². The molecule has 0 unspecified atom stereocenters. The molecule has 8 heteroatoms. The quantitative estimate of drug-likeness (QED) is 0.341. The number of aryl methyl sites for hydroxylation is 2. The lowest BCUT2D eigenvalue weighted by Gasteiger charge is -2.34. The van der Waals surface area contributed by atoms with Gasteiger partial charge in [0.05, 0.1) is 10.6 Å². The molecule has 0 bridgehead atoms. The molecule has 3 rings (SSSR count). The third-order valence-electron chi connectivity index (χ3n) is 6.66.